The average molecular weight is 273 g/mol. The van der Waals surface area contributed by atoms with Crippen molar-refractivity contribution in [1.82, 2.24) is 10.6 Å². The van der Waals surface area contributed by atoms with Crippen LogP contribution in [0.3, 0.4) is 0 Å². The Balaban J connectivity index is 2.64. The first-order valence-electron chi connectivity index (χ1n) is 5.96. The van der Waals surface area contributed by atoms with E-state index in [1.807, 2.05) is 37.3 Å². The summed E-state index contributed by atoms with van der Waals surface area (Å²) in [5.74, 6) is -1.89. The Kier molecular flexibility index (Phi) is 5.78. The number of carboxylic acids is 1. The Morgan fingerprint density at radius 1 is 1.40 bits per heavy atom. The fourth-order valence-electron chi connectivity index (χ4n) is 1.45. The van der Waals surface area contributed by atoms with Gasteiger partial charge < -0.3 is 15.7 Å². The van der Waals surface area contributed by atoms with Gasteiger partial charge in [0.15, 0.2) is 0 Å². The highest BCUT2D eigenvalue weighted by Crippen LogP contribution is 2.11. The van der Waals surface area contributed by atoms with Crippen molar-refractivity contribution < 1.29 is 14.7 Å². The third-order valence-corrected chi connectivity index (χ3v) is 2.54. The van der Waals surface area contributed by atoms with Crippen LogP contribution in [0.25, 0.3) is 0 Å². The van der Waals surface area contributed by atoms with Gasteiger partial charge in [-0.15, -0.1) is 0 Å². The predicted octanol–water partition coefficient (Wildman–Crippen LogP) is 0.945. The van der Waals surface area contributed by atoms with E-state index in [1.54, 1.807) is 6.07 Å². The minimum atomic E-state index is -1.17. The van der Waals surface area contributed by atoms with Crippen molar-refractivity contribution in [3.05, 3.63) is 47.7 Å². The molecule has 0 aliphatic heterocycles. The average Bonchev–Trinajstić information content (AvgIpc) is 2.46. The van der Waals surface area contributed by atoms with E-state index in [9.17, 15) is 9.59 Å². The SMILES string of the molecule is CC(N/C=C(/C#N)C(=O)NCC(=O)O)c1ccccc1. The summed E-state index contributed by atoms with van der Waals surface area (Å²) in [7, 11) is 0. The first-order valence-corrected chi connectivity index (χ1v) is 5.96. The van der Waals surface area contributed by atoms with E-state index in [0.29, 0.717) is 0 Å². The second-order valence-corrected chi connectivity index (χ2v) is 4.05. The monoisotopic (exact) mass is 273 g/mol. The van der Waals surface area contributed by atoms with E-state index in [-0.39, 0.29) is 11.6 Å². The van der Waals surface area contributed by atoms with E-state index in [0.717, 1.165) is 5.56 Å². The number of hydrogen-bond acceptors (Lipinski definition) is 4. The van der Waals surface area contributed by atoms with Crippen LogP contribution in [0, 0.1) is 11.3 Å². The molecule has 0 aliphatic rings. The third-order valence-electron chi connectivity index (χ3n) is 2.54. The molecule has 0 aliphatic carbocycles. The summed E-state index contributed by atoms with van der Waals surface area (Å²) >= 11 is 0. The number of aliphatic carboxylic acids is 1. The molecule has 20 heavy (non-hydrogen) atoms. The lowest BCUT2D eigenvalue weighted by Crippen LogP contribution is -2.30. The number of carboxylic acid groups (broad SMARTS) is 1. The zero-order chi connectivity index (χ0) is 15.0. The highest BCUT2D eigenvalue weighted by molar-refractivity contribution is 5.98. The first-order chi connectivity index (χ1) is 9.54. The third kappa shape index (κ3) is 4.82. The van der Waals surface area contributed by atoms with E-state index in [4.69, 9.17) is 10.4 Å². The van der Waals surface area contributed by atoms with Gasteiger partial charge in [0.1, 0.15) is 18.2 Å². The Bertz CT molecular complexity index is 547. The molecule has 6 nitrogen and oxygen atoms in total. The van der Waals surface area contributed by atoms with Crippen LogP contribution < -0.4 is 10.6 Å². The van der Waals surface area contributed by atoms with E-state index < -0.39 is 18.4 Å². The smallest absolute Gasteiger partial charge is 0.322 e. The molecule has 0 spiro atoms. The minimum absolute atomic E-state index is 0.0770. The maximum atomic E-state index is 11.5. The number of carbonyl (C=O) groups is 2. The fourth-order valence-corrected chi connectivity index (χ4v) is 1.45. The van der Waals surface area contributed by atoms with Gasteiger partial charge in [-0.1, -0.05) is 30.3 Å². The van der Waals surface area contributed by atoms with Crippen LogP contribution in [0.4, 0.5) is 0 Å². The topological polar surface area (TPSA) is 102 Å². The lowest BCUT2D eigenvalue weighted by atomic mass is 10.1. The lowest BCUT2D eigenvalue weighted by molar-refractivity contribution is -0.137. The van der Waals surface area contributed by atoms with Crippen LogP contribution in [0.2, 0.25) is 0 Å². The van der Waals surface area contributed by atoms with Gasteiger partial charge in [-0.05, 0) is 12.5 Å². The highest BCUT2D eigenvalue weighted by Gasteiger charge is 2.10. The number of nitriles is 1. The molecule has 0 saturated heterocycles. The molecular formula is C14H15N3O3. The van der Waals surface area contributed by atoms with Gasteiger partial charge in [-0.25, -0.2) is 0 Å². The normalized spacial score (nSPS) is 12.1. The summed E-state index contributed by atoms with van der Waals surface area (Å²) < 4.78 is 0. The Morgan fingerprint density at radius 3 is 2.60 bits per heavy atom. The van der Waals surface area contributed by atoms with Crippen LogP contribution in [0.1, 0.15) is 18.5 Å². The molecule has 1 amide bonds. The summed E-state index contributed by atoms with van der Waals surface area (Å²) in [5, 5.41) is 22.4. The number of rotatable bonds is 6. The van der Waals surface area contributed by atoms with Crippen molar-refractivity contribution in [2.45, 2.75) is 13.0 Å². The van der Waals surface area contributed by atoms with Crippen molar-refractivity contribution >= 4 is 11.9 Å². The van der Waals surface area contributed by atoms with Crippen molar-refractivity contribution in [3.63, 3.8) is 0 Å². The molecule has 6 heteroatoms. The molecule has 0 fully saturated rings. The molecule has 3 N–H and O–H groups in total. The highest BCUT2D eigenvalue weighted by atomic mass is 16.4. The van der Waals surface area contributed by atoms with Crippen LogP contribution >= 0.6 is 0 Å². The number of nitrogens with one attached hydrogen (secondary N) is 2. The largest absolute Gasteiger partial charge is 0.480 e. The second kappa shape index (κ2) is 7.59. The van der Waals surface area contributed by atoms with E-state index in [2.05, 4.69) is 10.6 Å². The number of amides is 1. The van der Waals surface area contributed by atoms with Crippen LogP contribution in [0.15, 0.2) is 42.1 Å². The summed E-state index contributed by atoms with van der Waals surface area (Å²) in [6.45, 7) is 1.36. The van der Waals surface area contributed by atoms with Gasteiger partial charge in [0.05, 0.1) is 0 Å². The fraction of sp³-hybridized carbons (Fsp3) is 0.214. The lowest BCUT2D eigenvalue weighted by Gasteiger charge is -2.12. The van der Waals surface area contributed by atoms with Crippen molar-refractivity contribution in [2.24, 2.45) is 0 Å². The van der Waals surface area contributed by atoms with Crippen molar-refractivity contribution in [2.75, 3.05) is 6.54 Å². The first kappa shape index (κ1) is 15.2. The summed E-state index contributed by atoms with van der Waals surface area (Å²) in [4.78, 5) is 21.9. The number of nitrogens with zero attached hydrogens (tertiary/aromatic N) is 1. The summed E-state index contributed by atoms with van der Waals surface area (Å²) in [6.07, 6.45) is 1.29. The second-order valence-electron chi connectivity index (χ2n) is 4.05. The number of hydrogen-bond donors (Lipinski definition) is 3. The predicted molar refractivity (Wildman–Crippen MR) is 72.3 cm³/mol. The Labute approximate surface area is 116 Å². The van der Waals surface area contributed by atoms with Gasteiger partial charge in [-0.2, -0.15) is 5.26 Å². The molecule has 1 unspecified atom stereocenters. The van der Waals surface area contributed by atoms with Gasteiger partial charge in [0, 0.05) is 12.2 Å². The maximum Gasteiger partial charge on any atom is 0.322 e. The van der Waals surface area contributed by atoms with Gasteiger partial charge in [-0.3, -0.25) is 9.59 Å². The molecule has 0 bridgehead atoms. The molecule has 1 aromatic carbocycles. The summed E-state index contributed by atoms with van der Waals surface area (Å²) in [5.41, 5.74) is 0.834. The molecule has 0 aromatic heterocycles. The van der Waals surface area contributed by atoms with Crippen LogP contribution in [0.5, 0.6) is 0 Å². The Hall–Kier alpha value is -2.81. The minimum Gasteiger partial charge on any atom is -0.480 e. The van der Waals surface area contributed by atoms with Crippen LogP contribution in [-0.2, 0) is 9.59 Å². The number of benzene rings is 1. The Morgan fingerprint density at radius 2 is 2.05 bits per heavy atom. The van der Waals surface area contributed by atoms with Gasteiger partial charge >= 0.3 is 5.97 Å². The van der Waals surface area contributed by atoms with E-state index >= 15 is 0 Å². The molecule has 104 valence electrons. The zero-order valence-electron chi connectivity index (χ0n) is 11.0. The van der Waals surface area contributed by atoms with Crippen molar-refractivity contribution in [3.8, 4) is 6.07 Å². The zero-order valence-corrected chi connectivity index (χ0v) is 11.0. The van der Waals surface area contributed by atoms with Gasteiger partial charge in [0.2, 0.25) is 0 Å². The van der Waals surface area contributed by atoms with E-state index in [1.165, 1.54) is 6.20 Å². The van der Waals surface area contributed by atoms with Crippen LogP contribution in [-0.4, -0.2) is 23.5 Å². The van der Waals surface area contributed by atoms with Crippen molar-refractivity contribution in [1.29, 1.82) is 5.26 Å². The maximum absolute atomic E-state index is 11.5. The molecule has 1 atom stereocenters. The summed E-state index contributed by atoms with van der Waals surface area (Å²) in [6, 6.07) is 11.2. The molecule has 1 rings (SSSR count). The van der Waals surface area contributed by atoms with Gasteiger partial charge in [0.25, 0.3) is 5.91 Å². The molecular weight excluding hydrogens is 258 g/mol. The standard InChI is InChI=1S/C14H15N3O3/c1-10(11-5-3-2-4-6-11)16-8-12(7-15)14(20)17-9-13(18)19/h2-6,8,10,16H,9H2,1H3,(H,17,20)(H,18,19)/b12-8-. The molecule has 0 saturated carbocycles. The molecule has 0 heterocycles. The molecule has 1 aromatic rings. The quantitative estimate of drug-likeness (QED) is 0.529. The molecule has 0 radical (unpaired) electrons. The number of carbonyl (C=O) groups excluding carboxylic acids is 1.